The van der Waals surface area contributed by atoms with Crippen molar-refractivity contribution in [2.45, 2.75) is 30.3 Å². The van der Waals surface area contributed by atoms with Crippen molar-refractivity contribution in [3.05, 3.63) is 59.4 Å². The van der Waals surface area contributed by atoms with Crippen molar-refractivity contribution < 1.29 is 31.9 Å². The molecular weight excluding hydrogens is 427 g/mol. The SMILES string of the molecule is COc1ccc(C(=O)OCC(=O)N(C)Cc2ccc(F)cc2)cc1S(=O)(=O)NC1CC1. The van der Waals surface area contributed by atoms with E-state index >= 15 is 0 Å². The number of hydrogen-bond acceptors (Lipinski definition) is 6. The molecule has 0 heterocycles. The summed E-state index contributed by atoms with van der Waals surface area (Å²) in [6.45, 7) is -0.306. The molecule has 2 aromatic carbocycles. The number of likely N-dealkylation sites (N-methyl/N-ethyl adjacent to an activating group) is 1. The van der Waals surface area contributed by atoms with Gasteiger partial charge < -0.3 is 14.4 Å². The molecule has 0 aromatic heterocycles. The Morgan fingerprint density at radius 3 is 2.45 bits per heavy atom. The minimum Gasteiger partial charge on any atom is -0.495 e. The van der Waals surface area contributed by atoms with Crippen molar-refractivity contribution in [1.82, 2.24) is 9.62 Å². The third-order valence-electron chi connectivity index (χ3n) is 4.67. The molecule has 3 rings (SSSR count). The van der Waals surface area contributed by atoms with E-state index in [0.29, 0.717) is 0 Å². The molecule has 0 saturated heterocycles. The van der Waals surface area contributed by atoms with Gasteiger partial charge in [0.05, 0.1) is 12.7 Å². The van der Waals surface area contributed by atoms with Crippen LogP contribution < -0.4 is 9.46 Å². The lowest BCUT2D eigenvalue weighted by Gasteiger charge is -2.17. The molecule has 0 spiro atoms. The first-order chi connectivity index (χ1) is 14.7. The smallest absolute Gasteiger partial charge is 0.338 e. The third kappa shape index (κ3) is 6.02. The van der Waals surface area contributed by atoms with Crippen molar-refractivity contribution in [2.24, 2.45) is 0 Å². The third-order valence-corrected chi connectivity index (χ3v) is 6.22. The van der Waals surface area contributed by atoms with E-state index in [9.17, 15) is 22.4 Å². The van der Waals surface area contributed by atoms with Gasteiger partial charge in [0.25, 0.3) is 5.91 Å². The first-order valence-electron chi connectivity index (χ1n) is 9.55. The Balaban J connectivity index is 1.63. The number of carbonyl (C=O) groups excluding carboxylic acids is 2. The molecule has 10 heteroatoms. The van der Waals surface area contributed by atoms with Gasteiger partial charge in [-0.25, -0.2) is 22.3 Å². The van der Waals surface area contributed by atoms with E-state index in [2.05, 4.69) is 4.72 Å². The number of sulfonamides is 1. The fourth-order valence-corrected chi connectivity index (χ4v) is 4.27. The van der Waals surface area contributed by atoms with Gasteiger partial charge in [0.15, 0.2) is 6.61 Å². The van der Waals surface area contributed by atoms with E-state index in [4.69, 9.17) is 9.47 Å². The number of halogens is 1. The Kier molecular flexibility index (Phi) is 6.91. The topological polar surface area (TPSA) is 102 Å². The number of carbonyl (C=O) groups is 2. The monoisotopic (exact) mass is 450 g/mol. The van der Waals surface area contributed by atoms with Gasteiger partial charge in [-0.15, -0.1) is 0 Å². The molecule has 1 N–H and O–H groups in total. The van der Waals surface area contributed by atoms with Crippen LogP contribution in [0.1, 0.15) is 28.8 Å². The van der Waals surface area contributed by atoms with E-state index in [0.717, 1.165) is 18.4 Å². The highest BCUT2D eigenvalue weighted by atomic mass is 32.2. The molecule has 0 bridgehead atoms. The van der Waals surface area contributed by atoms with Crippen LogP contribution in [0.4, 0.5) is 4.39 Å². The Bertz CT molecular complexity index is 1070. The summed E-state index contributed by atoms with van der Waals surface area (Å²) in [5, 5.41) is 0. The molecule has 8 nitrogen and oxygen atoms in total. The van der Waals surface area contributed by atoms with Crippen LogP contribution in [0, 0.1) is 5.82 Å². The fourth-order valence-electron chi connectivity index (χ4n) is 2.77. The highest BCUT2D eigenvalue weighted by Crippen LogP contribution is 2.28. The van der Waals surface area contributed by atoms with E-state index in [-0.39, 0.29) is 34.6 Å². The molecule has 166 valence electrons. The highest BCUT2D eigenvalue weighted by Gasteiger charge is 2.30. The van der Waals surface area contributed by atoms with Crippen LogP contribution in [0.2, 0.25) is 0 Å². The minimum atomic E-state index is -3.86. The van der Waals surface area contributed by atoms with Crippen LogP contribution >= 0.6 is 0 Å². The molecule has 1 fully saturated rings. The number of methoxy groups -OCH3 is 1. The summed E-state index contributed by atoms with van der Waals surface area (Å²) in [6, 6.07) is 9.48. The van der Waals surface area contributed by atoms with Crippen molar-refractivity contribution in [3.63, 3.8) is 0 Å². The van der Waals surface area contributed by atoms with Gasteiger partial charge in [-0.3, -0.25) is 4.79 Å². The molecule has 1 amide bonds. The van der Waals surface area contributed by atoms with Crippen LogP contribution in [0.3, 0.4) is 0 Å². The molecule has 0 radical (unpaired) electrons. The minimum absolute atomic E-state index is 0.0223. The zero-order valence-corrected chi connectivity index (χ0v) is 17.9. The number of amides is 1. The second-order valence-electron chi connectivity index (χ2n) is 7.21. The summed E-state index contributed by atoms with van der Waals surface area (Å²) in [5.41, 5.74) is 0.697. The average Bonchev–Trinajstić information content (AvgIpc) is 3.56. The van der Waals surface area contributed by atoms with Crippen molar-refractivity contribution >= 4 is 21.9 Å². The lowest BCUT2D eigenvalue weighted by molar-refractivity contribution is -0.133. The maximum Gasteiger partial charge on any atom is 0.338 e. The normalized spacial score (nSPS) is 13.5. The molecule has 1 aliphatic rings. The Hall–Kier alpha value is -2.98. The molecule has 0 atom stereocenters. The first-order valence-corrected chi connectivity index (χ1v) is 11.0. The number of ether oxygens (including phenoxy) is 2. The van der Waals surface area contributed by atoms with Crippen LogP contribution in [-0.4, -0.2) is 52.0 Å². The van der Waals surface area contributed by atoms with E-state index in [1.54, 1.807) is 12.1 Å². The summed E-state index contributed by atoms with van der Waals surface area (Å²) in [4.78, 5) is 25.8. The Labute approximate surface area is 180 Å². The number of nitrogens with zero attached hydrogens (tertiary/aromatic N) is 1. The fraction of sp³-hybridized carbons (Fsp3) is 0.333. The maximum absolute atomic E-state index is 13.0. The zero-order chi connectivity index (χ0) is 22.6. The predicted molar refractivity (Wildman–Crippen MR) is 109 cm³/mol. The maximum atomic E-state index is 13.0. The van der Waals surface area contributed by atoms with Gasteiger partial charge in [-0.05, 0) is 48.7 Å². The molecule has 0 unspecified atom stereocenters. The Morgan fingerprint density at radius 2 is 1.84 bits per heavy atom. The largest absolute Gasteiger partial charge is 0.495 e. The number of benzene rings is 2. The van der Waals surface area contributed by atoms with Gasteiger partial charge >= 0.3 is 5.97 Å². The second-order valence-corrected chi connectivity index (χ2v) is 8.90. The average molecular weight is 450 g/mol. The van der Waals surface area contributed by atoms with Crippen molar-refractivity contribution in [3.8, 4) is 5.75 Å². The summed E-state index contributed by atoms with van der Waals surface area (Å²) in [7, 11) is -1.00. The number of nitrogens with one attached hydrogen (secondary N) is 1. The molecule has 0 aliphatic heterocycles. The lowest BCUT2D eigenvalue weighted by atomic mass is 10.2. The summed E-state index contributed by atoms with van der Waals surface area (Å²) in [6.07, 6.45) is 1.52. The zero-order valence-electron chi connectivity index (χ0n) is 17.1. The molecule has 2 aromatic rings. The standard InChI is InChI=1S/C21H23FN2O6S/c1-24(12-14-3-6-16(22)7-4-14)20(25)13-30-21(26)15-5-10-18(29-2)19(11-15)31(27,28)23-17-8-9-17/h3-7,10-11,17,23H,8-9,12-13H2,1-2H3. The van der Waals surface area contributed by atoms with Gasteiger partial charge in [0.1, 0.15) is 16.5 Å². The van der Waals surface area contributed by atoms with Crippen LogP contribution in [-0.2, 0) is 26.1 Å². The second kappa shape index (κ2) is 9.44. The number of rotatable bonds is 9. The predicted octanol–water partition coefficient (Wildman–Crippen LogP) is 2.09. The number of esters is 1. The van der Waals surface area contributed by atoms with Crippen LogP contribution in [0.25, 0.3) is 0 Å². The molecular formula is C21H23FN2O6S. The van der Waals surface area contributed by atoms with E-state index in [1.165, 1.54) is 49.4 Å². The van der Waals surface area contributed by atoms with Crippen molar-refractivity contribution in [2.75, 3.05) is 20.8 Å². The van der Waals surface area contributed by atoms with Crippen LogP contribution in [0.5, 0.6) is 5.75 Å². The summed E-state index contributed by atoms with van der Waals surface area (Å²) < 4.78 is 50.8. The van der Waals surface area contributed by atoms with Gasteiger partial charge in [-0.1, -0.05) is 12.1 Å². The highest BCUT2D eigenvalue weighted by molar-refractivity contribution is 7.89. The van der Waals surface area contributed by atoms with Gasteiger partial charge in [0, 0.05) is 19.6 Å². The van der Waals surface area contributed by atoms with Crippen molar-refractivity contribution in [1.29, 1.82) is 0 Å². The van der Waals surface area contributed by atoms with Gasteiger partial charge in [0.2, 0.25) is 10.0 Å². The number of hydrogen-bond donors (Lipinski definition) is 1. The lowest BCUT2D eigenvalue weighted by Crippen LogP contribution is -2.31. The van der Waals surface area contributed by atoms with Crippen LogP contribution in [0.15, 0.2) is 47.4 Å². The molecule has 31 heavy (non-hydrogen) atoms. The summed E-state index contributed by atoms with van der Waals surface area (Å²) >= 11 is 0. The molecule has 1 aliphatic carbocycles. The van der Waals surface area contributed by atoms with Gasteiger partial charge in [-0.2, -0.15) is 0 Å². The Morgan fingerprint density at radius 1 is 1.16 bits per heavy atom. The molecule has 1 saturated carbocycles. The van der Waals surface area contributed by atoms with E-state index in [1.807, 2.05) is 0 Å². The quantitative estimate of drug-likeness (QED) is 0.587. The van der Waals surface area contributed by atoms with E-state index < -0.39 is 28.5 Å². The summed E-state index contributed by atoms with van der Waals surface area (Å²) in [5.74, 6) is -1.58. The first kappa shape index (κ1) is 22.7.